The van der Waals surface area contributed by atoms with E-state index in [-0.39, 0.29) is 23.4 Å². The Labute approximate surface area is 155 Å². The van der Waals surface area contributed by atoms with Gasteiger partial charge in [0.2, 0.25) is 10.0 Å². The molecule has 0 bridgehead atoms. The Balaban J connectivity index is 2.21. The molecule has 138 valence electrons. The normalized spacial score (nSPS) is 12.4. The number of hydrogen-bond donors (Lipinski definition) is 2. The van der Waals surface area contributed by atoms with E-state index < -0.39 is 10.0 Å². The third kappa shape index (κ3) is 4.80. The fourth-order valence-electron chi connectivity index (χ4n) is 2.64. The maximum Gasteiger partial charge on any atom is 0.251 e. The minimum atomic E-state index is -3.67. The van der Waals surface area contributed by atoms with Crippen LogP contribution in [0, 0.1) is 13.8 Å². The summed E-state index contributed by atoms with van der Waals surface area (Å²) in [6, 6.07) is 11.9. The second-order valence-electron chi connectivity index (χ2n) is 6.22. The number of sulfonamides is 1. The van der Waals surface area contributed by atoms with Crippen LogP contribution in [0.1, 0.15) is 40.0 Å². The van der Waals surface area contributed by atoms with Crippen molar-refractivity contribution in [1.29, 1.82) is 0 Å². The summed E-state index contributed by atoms with van der Waals surface area (Å²) >= 11 is 0. The summed E-state index contributed by atoms with van der Waals surface area (Å²) < 4.78 is 26.8. The van der Waals surface area contributed by atoms with E-state index in [1.807, 2.05) is 39.0 Å². The molecule has 2 aromatic rings. The van der Waals surface area contributed by atoms with E-state index in [9.17, 15) is 13.2 Å². The number of rotatable bonds is 7. The van der Waals surface area contributed by atoms with Gasteiger partial charge >= 0.3 is 0 Å². The van der Waals surface area contributed by atoms with Gasteiger partial charge in [0, 0.05) is 12.1 Å². The van der Waals surface area contributed by atoms with Gasteiger partial charge in [0.25, 0.3) is 5.91 Å². The van der Waals surface area contributed by atoms with E-state index in [0.29, 0.717) is 5.56 Å². The molecule has 0 aliphatic heterocycles. The summed E-state index contributed by atoms with van der Waals surface area (Å²) in [6.07, 6.45) is 1.46. The molecule has 0 saturated carbocycles. The summed E-state index contributed by atoms with van der Waals surface area (Å²) in [7, 11) is -3.67. The second kappa shape index (κ2) is 8.29. The van der Waals surface area contributed by atoms with Gasteiger partial charge in [0.1, 0.15) is 0 Å². The van der Waals surface area contributed by atoms with Crippen molar-refractivity contribution in [3.8, 4) is 0 Å². The number of amides is 1. The molecule has 0 aliphatic carbocycles. The molecule has 2 aromatic carbocycles. The van der Waals surface area contributed by atoms with Crippen molar-refractivity contribution >= 4 is 15.9 Å². The Morgan fingerprint density at radius 2 is 1.92 bits per heavy atom. The fourth-order valence-corrected chi connectivity index (χ4v) is 3.68. The van der Waals surface area contributed by atoms with Crippen LogP contribution >= 0.6 is 0 Å². The predicted octanol–water partition coefficient (Wildman–Crippen LogP) is 3.26. The smallest absolute Gasteiger partial charge is 0.251 e. The van der Waals surface area contributed by atoms with Gasteiger partial charge < -0.3 is 5.32 Å². The summed E-state index contributed by atoms with van der Waals surface area (Å²) in [6.45, 7) is 9.52. The van der Waals surface area contributed by atoms with E-state index in [1.165, 1.54) is 18.2 Å². The molecule has 26 heavy (non-hydrogen) atoms. The molecular formula is C20H24N2O3S. The first-order valence-corrected chi connectivity index (χ1v) is 9.81. The SMILES string of the molecule is C=CCNS(=O)(=O)c1cccc(C(=O)NC(C)c2cc(C)ccc2C)c1. The van der Waals surface area contributed by atoms with Crippen molar-refractivity contribution in [2.75, 3.05) is 6.54 Å². The van der Waals surface area contributed by atoms with Crippen LogP contribution in [0.3, 0.4) is 0 Å². The highest BCUT2D eigenvalue weighted by molar-refractivity contribution is 7.89. The Morgan fingerprint density at radius 1 is 1.19 bits per heavy atom. The highest BCUT2D eigenvalue weighted by Crippen LogP contribution is 2.20. The van der Waals surface area contributed by atoms with Crippen LogP contribution in [0.25, 0.3) is 0 Å². The monoisotopic (exact) mass is 372 g/mol. The quantitative estimate of drug-likeness (QED) is 0.733. The van der Waals surface area contributed by atoms with Crippen LogP contribution in [0.2, 0.25) is 0 Å². The molecule has 1 amide bonds. The third-order valence-electron chi connectivity index (χ3n) is 4.07. The molecule has 0 spiro atoms. The lowest BCUT2D eigenvalue weighted by molar-refractivity contribution is 0.0939. The zero-order chi connectivity index (χ0) is 19.3. The van der Waals surface area contributed by atoms with E-state index in [2.05, 4.69) is 16.6 Å². The first-order valence-electron chi connectivity index (χ1n) is 8.33. The Bertz CT molecular complexity index is 920. The largest absolute Gasteiger partial charge is 0.346 e. The van der Waals surface area contributed by atoms with Crippen molar-refractivity contribution < 1.29 is 13.2 Å². The lowest BCUT2D eigenvalue weighted by atomic mass is 10.00. The number of carbonyl (C=O) groups excluding carboxylic acids is 1. The van der Waals surface area contributed by atoms with Gasteiger partial charge in [-0.3, -0.25) is 4.79 Å². The highest BCUT2D eigenvalue weighted by atomic mass is 32.2. The minimum absolute atomic E-state index is 0.0476. The third-order valence-corrected chi connectivity index (χ3v) is 5.49. The molecule has 0 saturated heterocycles. The van der Waals surface area contributed by atoms with Crippen molar-refractivity contribution in [3.05, 3.63) is 77.4 Å². The molecule has 0 fully saturated rings. The predicted molar refractivity (Wildman–Crippen MR) is 104 cm³/mol. The first kappa shape index (κ1) is 19.9. The van der Waals surface area contributed by atoms with Gasteiger partial charge in [-0.15, -0.1) is 6.58 Å². The molecule has 0 heterocycles. The van der Waals surface area contributed by atoms with Crippen molar-refractivity contribution in [2.45, 2.75) is 31.7 Å². The summed E-state index contributed by atoms with van der Waals surface area (Å²) in [5.74, 6) is -0.320. The maximum atomic E-state index is 12.6. The van der Waals surface area contributed by atoms with Crippen LogP contribution in [0.4, 0.5) is 0 Å². The molecule has 2 rings (SSSR count). The van der Waals surface area contributed by atoms with Crippen LogP contribution < -0.4 is 10.0 Å². The maximum absolute atomic E-state index is 12.6. The van der Waals surface area contributed by atoms with E-state index >= 15 is 0 Å². The van der Waals surface area contributed by atoms with Gasteiger partial charge in [-0.05, 0) is 50.1 Å². The number of hydrogen-bond acceptors (Lipinski definition) is 3. The zero-order valence-electron chi connectivity index (χ0n) is 15.2. The Morgan fingerprint density at radius 3 is 2.62 bits per heavy atom. The van der Waals surface area contributed by atoms with Gasteiger partial charge in [0.15, 0.2) is 0 Å². The Kier molecular flexibility index (Phi) is 6.34. The summed E-state index contributed by atoms with van der Waals surface area (Å²) in [4.78, 5) is 12.6. The van der Waals surface area contributed by atoms with Crippen LogP contribution in [0.5, 0.6) is 0 Å². The zero-order valence-corrected chi connectivity index (χ0v) is 16.1. The standard InChI is InChI=1S/C20H24N2O3S/c1-5-11-21-26(24,25)18-8-6-7-17(13-18)20(23)22-16(4)19-12-14(2)9-10-15(19)3/h5-10,12-13,16,21H,1,11H2,2-4H3,(H,22,23). The van der Waals surface area contributed by atoms with Crippen molar-refractivity contribution in [2.24, 2.45) is 0 Å². The van der Waals surface area contributed by atoms with Crippen LogP contribution in [-0.2, 0) is 10.0 Å². The van der Waals surface area contributed by atoms with E-state index in [4.69, 9.17) is 0 Å². The highest BCUT2D eigenvalue weighted by Gasteiger charge is 2.17. The lowest BCUT2D eigenvalue weighted by Gasteiger charge is -2.17. The van der Waals surface area contributed by atoms with Gasteiger partial charge in [-0.2, -0.15) is 0 Å². The molecule has 0 aromatic heterocycles. The number of aryl methyl sites for hydroxylation is 2. The van der Waals surface area contributed by atoms with Gasteiger partial charge in [-0.25, -0.2) is 13.1 Å². The number of carbonyl (C=O) groups is 1. The number of nitrogens with one attached hydrogen (secondary N) is 2. The lowest BCUT2D eigenvalue weighted by Crippen LogP contribution is -2.28. The van der Waals surface area contributed by atoms with E-state index in [0.717, 1.165) is 16.7 Å². The molecule has 1 unspecified atom stereocenters. The molecular weight excluding hydrogens is 348 g/mol. The average Bonchev–Trinajstić information content (AvgIpc) is 2.62. The topological polar surface area (TPSA) is 75.3 Å². The summed E-state index contributed by atoms with van der Waals surface area (Å²) in [5.41, 5.74) is 3.54. The molecule has 0 radical (unpaired) electrons. The van der Waals surface area contributed by atoms with Gasteiger partial charge in [-0.1, -0.05) is 35.9 Å². The Hall–Kier alpha value is -2.44. The molecule has 0 aliphatic rings. The van der Waals surface area contributed by atoms with Crippen molar-refractivity contribution in [1.82, 2.24) is 10.0 Å². The van der Waals surface area contributed by atoms with Crippen LogP contribution in [-0.4, -0.2) is 20.9 Å². The average molecular weight is 372 g/mol. The second-order valence-corrected chi connectivity index (χ2v) is 7.99. The molecule has 5 nitrogen and oxygen atoms in total. The first-order chi connectivity index (χ1) is 12.2. The number of benzene rings is 2. The summed E-state index contributed by atoms with van der Waals surface area (Å²) in [5, 5.41) is 2.93. The molecule has 2 N–H and O–H groups in total. The van der Waals surface area contributed by atoms with Crippen molar-refractivity contribution in [3.63, 3.8) is 0 Å². The van der Waals surface area contributed by atoms with E-state index in [1.54, 1.807) is 12.1 Å². The molecule has 1 atom stereocenters. The fraction of sp³-hybridized carbons (Fsp3) is 0.250. The van der Waals surface area contributed by atoms with Gasteiger partial charge in [0.05, 0.1) is 10.9 Å². The minimum Gasteiger partial charge on any atom is -0.346 e. The molecule has 6 heteroatoms. The van der Waals surface area contributed by atoms with Crippen LogP contribution in [0.15, 0.2) is 60.0 Å².